The summed E-state index contributed by atoms with van der Waals surface area (Å²) in [6.45, 7) is 8.20. The zero-order valence-corrected chi connectivity index (χ0v) is 26.4. The summed E-state index contributed by atoms with van der Waals surface area (Å²) in [5, 5.41) is 1.24. The molecule has 0 N–H and O–H groups in total. The Hall–Kier alpha value is -2.02. The molecule has 0 spiro atoms. The van der Waals surface area contributed by atoms with E-state index in [4.69, 9.17) is 0 Å². The van der Waals surface area contributed by atoms with Gasteiger partial charge in [-0.2, -0.15) is 5.92 Å². The molecule has 0 aromatic heterocycles. The van der Waals surface area contributed by atoms with Crippen molar-refractivity contribution in [2.45, 2.75) is 25.7 Å². The Labute approximate surface area is 267 Å². The molecule has 3 aliphatic carbocycles. The van der Waals surface area contributed by atoms with Crippen LogP contribution in [0.1, 0.15) is 36.8 Å². The second-order valence-electron chi connectivity index (χ2n) is 9.83. The molecule has 3 aromatic carbocycles. The van der Waals surface area contributed by atoms with Gasteiger partial charge >= 0.3 is 21.7 Å². The second-order valence-corrected chi connectivity index (χ2v) is 10.5. The third-order valence-electron chi connectivity index (χ3n) is 7.47. The van der Waals surface area contributed by atoms with E-state index in [0.29, 0.717) is 0 Å². The summed E-state index contributed by atoms with van der Waals surface area (Å²) in [7, 11) is 2.63. The van der Waals surface area contributed by atoms with E-state index in [0.717, 1.165) is 45.9 Å². The summed E-state index contributed by atoms with van der Waals surface area (Å²) in [5.74, 6) is 3.56. The minimum atomic E-state index is 0. The van der Waals surface area contributed by atoms with E-state index < -0.39 is 0 Å². The maximum absolute atomic E-state index is 4.10. The predicted octanol–water partition coefficient (Wildman–Crippen LogP) is 8.42. The normalized spacial score (nSPS) is 20.8. The fraction of sp³-hybridized carbons (Fsp3) is 0.216. The van der Waals surface area contributed by atoms with Crippen LogP contribution in [0.15, 0.2) is 128 Å². The Kier molecular flexibility index (Phi) is 18.9. The third-order valence-corrected chi connectivity index (χ3v) is 7.85. The van der Waals surface area contributed by atoms with Gasteiger partial charge in [0.1, 0.15) is 0 Å². The molecule has 0 nitrogen and oxygen atoms in total. The Morgan fingerprint density at radius 2 is 1.12 bits per heavy atom. The summed E-state index contributed by atoms with van der Waals surface area (Å²) in [4.78, 5) is 0. The van der Waals surface area contributed by atoms with Gasteiger partial charge in [0, 0.05) is 0 Å². The molecule has 2 fully saturated rings. The van der Waals surface area contributed by atoms with E-state index in [1.807, 2.05) is 66.7 Å². The maximum atomic E-state index is 4.10. The smallest absolute Gasteiger partial charge is 0.358 e. The van der Waals surface area contributed by atoms with Crippen LogP contribution in [-0.2, 0) is 21.7 Å². The van der Waals surface area contributed by atoms with Gasteiger partial charge in [0.25, 0.3) is 0 Å². The summed E-state index contributed by atoms with van der Waals surface area (Å²) in [5.41, 5.74) is 4.20. The first-order valence-electron chi connectivity index (χ1n) is 13.1. The van der Waals surface area contributed by atoms with Crippen molar-refractivity contribution in [3.05, 3.63) is 161 Å². The molecule has 0 amide bonds. The van der Waals surface area contributed by atoms with Crippen LogP contribution in [-0.4, -0.2) is 11.0 Å². The molecular weight excluding hydrogens is 551 g/mol. The molecule has 0 aliphatic heterocycles. The van der Waals surface area contributed by atoms with Gasteiger partial charge in [0.05, 0.1) is 0 Å². The van der Waals surface area contributed by atoms with Crippen LogP contribution in [0, 0.1) is 44.9 Å². The van der Waals surface area contributed by atoms with E-state index in [9.17, 15) is 0 Å². The molecular formula is C37H48PSiTi. The molecule has 3 heteroatoms. The number of fused-ring (bicyclic) bond motifs is 3. The second kappa shape index (κ2) is 20.0. The minimum absolute atomic E-state index is 0. The molecule has 0 bridgehead atoms. The molecule has 0 saturated heterocycles. The third kappa shape index (κ3) is 10.8. The molecule has 1 radical (unpaired) electrons. The standard InChI is InChI=1S/C16H14.C13H17.C6H7P.2CH3.H4Si.Ti/c1-13(15-9-5-3-6-10-15)14(2)16-11-7-4-8-12-16;1-3-7-12-10(5-1)9-11-6-2-4-8-13(11)12;7-6-4-2-1-3-5-6;;;;/h3-12H,1-2H2;1,3,5,7,9-13H,2,4,6,8H2;1-5H,7H2;2*1H3;1H4;/q;-1;;2*-1;;+3. The van der Waals surface area contributed by atoms with Gasteiger partial charge < -0.3 is 21.3 Å². The fourth-order valence-electron chi connectivity index (χ4n) is 5.53. The Morgan fingerprint density at radius 3 is 1.60 bits per heavy atom. The summed E-state index contributed by atoms with van der Waals surface area (Å²) in [6.07, 6.45) is 17.8. The van der Waals surface area contributed by atoms with Gasteiger partial charge in [0.2, 0.25) is 0 Å². The number of allylic oxidation sites excluding steroid dienone is 6. The molecule has 5 atom stereocenters. The van der Waals surface area contributed by atoms with E-state index in [-0.39, 0.29) is 47.5 Å². The number of hydrogen-bond acceptors (Lipinski definition) is 0. The van der Waals surface area contributed by atoms with E-state index in [2.05, 4.69) is 77.4 Å². The first-order valence-corrected chi connectivity index (χ1v) is 13.7. The Morgan fingerprint density at radius 1 is 0.675 bits per heavy atom. The summed E-state index contributed by atoms with van der Waals surface area (Å²) in [6, 6.07) is 30.4. The monoisotopic (exact) mass is 599 g/mol. The molecule has 2 saturated carbocycles. The molecule has 3 aromatic rings. The fourth-order valence-corrected chi connectivity index (χ4v) is 5.75. The van der Waals surface area contributed by atoms with Gasteiger partial charge in [-0.1, -0.05) is 154 Å². The Balaban J connectivity index is 0.000000576. The molecule has 3 aliphatic rings. The number of benzene rings is 3. The summed E-state index contributed by atoms with van der Waals surface area (Å²) < 4.78 is 0. The van der Waals surface area contributed by atoms with E-state index >= 15 is 0 Å². The average Bonchev–Trinajstić information content (AvgIpc) is 3.33. The van der Waals surface area contributed by atoms with Crippen molar-refractivity contribution in [1.29, 1.82) is 0 Å². The molecule has 0 heterocycles. The van der Waals surface area contributed by atoms with Crippen molar-refractivity contribution >= 4 is 36.7 Å². The molecule has 6 rings (SSSR count). The van der Waals surface area contributed by atoms with Gasteiger partial charge in [-0.15, -0.1) is 21.2 Å². The minimum Gasteiger partial charge on any atom is -0.358 e. The first-order chi connectivity index (χ1) is 17.6. The van der Waals surface area contributed by atoms with Crippen molar-refractivity contribution in [2.75, 3.05) is 0 Å². The van der Waals surface area contributed by atoms with Gasteiger partial charge in [-0.3, -0.25) is 0 Å². The molecule has 40 heavy (non-hydrogen) atoms. The molecule has 209 valence electrons. The molecule has 5 unspecified atom stereocenters. The van der Waals surface area contributed by atoms with Crippen molar-refractivity contribution in [3.63, 3.8) is 0 Å². The van der Waals surface area contributed by atoms with Gasteiger partial charge in [0.15, 0.2) is 0 Å². The topological polar surface area (TPSA) is 0 Å². The van der Waals surface area contributed by atoms with Crippen LogP contribution < -0.4 is 5.30 Å². The maximum Gasteiger partial charge on any atom is 3.00 e. The average molecular weight is 600 g/mol. The van der Waals surface area contributed by atoms with Crippen molar-refractivity contribution in [2.24, 2.45) is 23.7 Å². The summed E-state index contributed by atoms with van der Waals surface area (Å²) >= 11 is 0. The van der Waals surface area contributed by atoms with Gasteiger partial charge in [-0.25, -0.2) is 0 Å². The van der Waals surface area contributed by atoms with Crippen molar-refractivity contribution in [3.8, 4) is 0 Å². The van der Waals surface area contributed by atoms with Crippen molar-refractivity contribution < 1.29 is 21.7 Å². The van der Waals surface area contributed by atoms with Crippen LogP contribution in [0.25, 0.3) is 11.1 Å². The number of rotatable bonds is 3. The van der Waals surface area contributed by atoms with Crippen LogP contribution in [0.4, 0.5) is 0 Å². The Bertz CT molecular complexity index is 1120. The van der Waals surface area contributed by atoms with Crippen LogP contribution >= 0.6 is 9.24 Å². The van der Waals surface area contributed by atoms with E-state index in [1.54, 1.807) is 0 Å². The first kappa shape index (κ1) is 38.0. The van der Waals surface area contributed by atoms with Crippen LogP contribution in [0.2, 0.25) is 0 Å². The largest absolute Gasteiger partial charge is 3.00 e. The van der Waals surface area contributed by atoms with Crippen molar-refractivity contribution in [1.82, 2.24) is 0 Å². The quantitative estimate of drug-likeness (QED) is 0.123. The number of hydrogen-bond donors (Lipinski definition) is 0. The van der Waals surface area contributed by atoms with Crippen LogP contribution in [0.3, 0.4) is 0 Å². The SMILES string of the molecule is C1=CC2[CH-]C3CCCCC3C2C=C1.C=C(C(=C)c1ccccc1)c1ccccc1.Pc1ccccc1.[CH3-].[CH3-].[SiH4].[Ti+3]. The zero-order valence-electron chi connectivity index (χ0n) is 23.7. The van der Waals surface area contributed by atoms with Gasteiger partial charge in [-0.05, 0) is 44.5 Å². The van der Waals surface area contributed by atoms with E-state index in [1.165, 1.54) is 31.0 Å². The zero-order chi connectivity index (χ0) is 25.2. The van der Waals surface area contributed by atoms with Crippen LogP contribution in [0.5, 0.6) is 0 Å². The predicted molar refractivity (Wildman–Crippen MR) is 186 cm³/mol.